The summed E-state index contributed by atoms with van der Waals surface area (Å²) in [7, 11) is 0. The van der Waals surface area contributed by atoms with E-state index < -0.39 is 5.60 Å². The van der Waals surface area contributed by atoms with Crippen molar-refractivity contribution in [1.82, 2.24) is 4.98 Å². The van der Waals surface area contributed by atoms with E-state index in [1.807, 2.05) is 18.2 Å². The highest BCUT2D eigenvalue weighted by molar-refractivity contribution is 9.10. The number of anilines is 2. The van der Waals surface area contributed by atoms with E-state index in [1.165, 1.54) is 0 Å². The quantitative estimate of drug-likeness (QED) is 0.815. The second-order valence-electron chi connectivity index (χ2n) is 4.92. The third kappa shape index (κ3) is 2.91. The Balaban J connectivity index is 2.45. The molecule has 0 bridgehead atoms. The Morgan fingerprint density at radius 2 is 2.17 bits per heavy atom. The number of pyridine rings is 1. The molecule has 0 aliphatic rings. The van der Waals surface area contributed by atoms with Gasteiger partial charge >= 0.3 is 0 Å². The van der Waals surface area contributed by atoms with Gasteiger partial charge < -0.3 is 16.2 Å². The molecule has 0 saturated heterocycles. The van der Waals surface area contributed by atoms with Gasteiger partial charge in [-0.15, -0.1) is 0 Å². The summed E-state index contributed by atoms with van der Waals surface area (Å²) in [6, 6.07) is 5.83. The van der Waals surface area contributed by atoms with E-state index in [0.717, 1.165) is 21.1 Å². The van der Waals surface area contributed by atoms with E-state index in [0.29, 0.717) is 12.2 Å². The number of fused-ring (bicyclic) bond motifs is 1. The molecule has 1 aromatic heterocycles. The van der Waals surface area contributed by atoms with Gasteiger partial charge in [-0.25, -0.2) is 0 Å². The van der Waals surface area contributed by atoms with Crippen molar-refractivity contribution in [2.75, 3.05) is 17.6 Å². The van der Waals surface area contributed by atoms with Crippen LogP contribution in [-0.4, -0.2) is 22.2 Å². The number of rotatable bonds is 3. The van der Waals surface area contributed by atoms with Crippen molar-refractivity contribution in [3.63, 3.8) is 0 Å². The smallest absolute Gasteiger partial charge is 0.0763 e. The summed E-state index contributed by atoms with van der Waals surface area (Å²) in [6.07, 6.45) is 1.63. The van der Waals surface area contributed by atoms with Crippen LogP contribution in [0.25, 0.3) is 10.9 Å². The molecular weight excluding hydrogens is 294 g/mol. The topological polar surface area (TPSA) is 71.2 Å². The molecule has 1 aromatic carbocycles. The summed E-state index contributed by atoms with van der Waals surface area (Å²) < 4.78 is 0.973. The number of benzene rings is 1. The molecule has 96 valence electrons. The fraction of sp³-hybridized carbons (Fsp3) is 0.308. The Bertz CT molecular complexity index is 578. The molecule has 0 saturated carbocycles. The summed E-state index contributed by atoms with van der Waals surface area (Å²) in [4.78, 5) is 4.29. The van der Waals surface area contributed by atoms with Crippen molar-refractivity contribution in [2.45, 2.75) is 19.4 Å². The molecule has 0 unspecified atom stereocenters. The summed E-state index contributed by atoms with van der Waals surface area (Å²) in [5.41, 5.74) is 7.39. The van der Waals surface area contributed by atoms with Crippen LogP contribution in [0.15, 0.2) is 28.9 Å². The molecule has 4 N–H and O–H groups in total. The van der Waals surface area contributed by atoms with Gasteiger partial charge in [0.25, 0.3) is 0 Å². The molecule has 5 heteroatoms. The fourth-order valence-electron chi connectivity index (χ4n) is 1.68. The molecule has 0 aliphatic heterocycles. The lowest BCUT2D eigenvalue weighted by Gasteiger charge is -2.20. The minimum atomic E-state index is -0.794. The third-order valence-electron chi connectivity index (χ3n) is 2.56. The Hall–Kier alpha value is -1.33. The number of hydrogen-bond donors (Lipinski definition) is 3. The maximum Gasteiger partial charge on any atom is 0.0763 e. The average molecular weight is 310 g/mol. The van der Waals surface area contributed by atoms with E-state index in [1.54, 1.807) is 20.0 Å². The summed E-state index contributed by atoms with van der Waals surface area (Å²) >= 11 is 3.41. The van der Waals surface area contributed by atoms with Crippen LogP contribution in [0.3, 0.4) is 0 Å². The van der Waals surface area contributed by atoms with E-state index >= 15 is 0 Å². The first-order chi connectivity index (χ1) is 8.37. The van der Waals surface area contributed by atoms with Crippen molar-refractivity contribution in [1.29, 1.82) is 0 Å². The number of nitrogens with one attached hydrogen (secondary N) is 1. The molecule has 0 spiro atoms. The van der Waals surface area contributed by atoms with Crippen molar-refractivity contribution in [3.8, 4) is 0 Å². The van der Waals surface area contributed by atoms with Crippen LogP contribution in [0.1, 0.15) is 13.8 Å². The first-order valence-electron chi connectivity index (χ1n) is 5.67. The number of hydrogen-bond acceptors (Lipinski definition) is 4. The van der Waals surface area contributed by atoms with E-state index in [4.69, 9.17) is 5.73 Å². The number of nitrogens with two attached hydrogens (primary N) is 1. The van der Waals surface area contributed by atoms with Gasteiger partial charge in [0, 0.05) is 16.4 Å². The van der Waals surface area contributed by atoms with Gasteiger partial charge in [-0.05, 0) is 32.0 Å². The number of halogens is 1. The van der Waals surface area contributed by atoms with Gasteiger partial charge in [-0.3, -0.25) is 4.98 Å². The van der Waals surface area contributed by atoms with Gasteiger partial charge in [-0.2, -0.15) is 0 Å². The molecule has 2 rings (SSSR count). The molecule has 1 heterocycles. The monoisotopic (exact) mass is 309 g/mol. The van der Waals surface area contributed by atoms with Gasteiger partial charge in [-0.1, -0.05) is 15.9 Å². The second kappa shape index (κ2) is 4.74. The molecule has 0 aliphatic carbocycles. The normalized spacial score (nSPS) is 11.8. The molecule has 18 heavy (non-hydrogen) atoms. The highest BCUT2D eigenvalue weighted by atomic mass is 79.9. The predicted molar refractivity (Wildman–Crippen MR) is 78.6 cm³/mol. The van der Waals surface area contributed by atoms with Crippen molar-refractivity contribution in [3.05, 3.63) is 28.9 Å². The third-order valence-corrected chi connectivity index (χ3v) is 3.05. The van der Waals surface area contributed by atoms with Gasteiger partial charge in [0.15, 0.2) is 0 Å². The van der Waals surface area contributed by atoms with Gasteiger partial charge in [0.05, 0.1) is 28.7 Å². The number of aliphatic hydroxyl groups is 1. The maximum absolute atomic E-state index is 9.76. The SMILES string of the molecule is CC(C)(O)CNc1c(N)cnc2cc(Br)ccc12. The lowest BCUT2D eigenvalue weighted by molar-refractivity contribution is 0.0946. The van der Waals surface area contributed by atoms with Crippen LogP contribution in [0, 0.1) is 0 Å². The minimum absolute atomic E-state index is 0.423. The highest BCUT2D eigenvalue weighted by Crippen LogP contribution is 2.29. The lowest BCUT2D eigenvalue weighted by atomic mass is 10.1. The van der Waals surface area contributed by atoms with Crippen LogP contribution in [0.2, 0.25) is 0 Å². The van der Waals surface area contributed by atoms with Crippen molar-refractivity contribution in [2.24, 2.45) is 0 Å². The minimum Gasteiger partial charge on any atom is -0.396 e. The van der Waals surface area contributed by atoms with Crippen LogP contribution >= 0.6 is 15.9 Å². The van der Waals surface area contributed by atoms with Gasteiger partial charge in [0.2, 0.25) is 0 Å². The predicted octanol–water partition coefficient (Wildman–Crippen LogP) is 2.76. The molecule has 4 nitrogen and oxygen atoms in total. The Labute approximate surface area is 114 Å². The molecule has 0 atom stereocenters. The summed E-state index contributed by atoms with van der Waals surface area (Å²) in [5, 5.41) is 13.9. The number of nitrogens with zero attached hydrogens (tertiary/aromatic N) is 1. The van der Waals surface area contributed by atoms with Crippen LogP contribution < -0.4 is 11.1 Å². The molecule has 2 aromatic rings. The second-order valence-corrected chi connectivity index (χ2v) is 5.83. The number of nitrogen functional groups attached to an aromatic ring is 1. The zero-order valence-electron chi connectivity index (χ0n) is 10.4. The zero-order valence-corrected chi connectivity index (χ0v) is 12.0. The summed E-state index contributed by atoms with van der Waals surface area (Å²) in [6.45, 7) is 3.92. The van der Waals surface area contributed by atoms with E-state index in [-0.39, 0.29) is 0 Å². The van der Waals surface area contributed by atoms with Crippen LogP contribution in [-0.2, 0) is 0 Å². The largest absolute Gasteiger partial charge is 0.396 e. The first-order valence-corrected chi connectivity index (χ1v) is 6.46. The summed E-state index contributed by atoms with van der Waals surface area (Å²) in [5.74, 6) is 0. The van der Waals surface area contributed by atoms with Crippen molar-refractivity contribution >= 4 is 38.2 Å². The Morgan fingerprint density at radius 1 is 1.44 bits per heavy atom. The highest BCUT2D eigenvalue weighted by Gasteiger charge is 2.14. The first kappa shape index (κ1) is 13.1. The molecule has 0 fully saturated rings. The molecule has 0 radical (unpaired) electrons. The molecule has 0 amide bonds. The fourth-order valence-corrected chi connectivity index (χ4v) is 2.03. The lowest BCUT2D eigenvalue weighted by Crippen LogP contribution is -2.29. The Kier molecular flexibility index (Phi) is 3.45. The molecular formula is C13H16BrN3O. The average Bonchev–Trinajstić information content (AvgIpc) is 2.26. The van der Waals surface area contributed by atoms with Crippen molar-refractivity contribution < 1.29 is 5.11 Å². The van der Waals surface area contributed by atoms with E-state index in [2.05, 4.69) is 26.2 Å². The maximum atomic E-state index is 9.76. The number of aromatic nitrogens is 1. The Morgan fingerprint density at radius 3 is 2.83 bits per heavy atom. The van der Waals surface area contributed by atoms with Crippen LogP contribution in [0.5, 0.6) is 0 Å². The standard InChI is InChI=1S/C13H16BrN3O/c1-13(2,18)7-17-12-9-4-3-8(14)5-11(9)16-6-10(12)15/h3-6,18H,7,15H2,1-2H3,(H,16,17). The van der Waals surface area contributed by atoms with Crippen LogP contribution in [0.4, 0.5) is 11.4 Å². The van der Waals surface area contributed by atoms with E-state index in [9.17, 15) is 5.11 Å². The van der Waals surface area contributed by atoms with Gasteiger partial charge in [0.1, 0.15) is 0 Å². The zero-order chi connectivity index (χ0) is 13.3.